The van der Waals surface area contributed by atoms with E-state index in [1.54, 1.807) is 0 Å². The van der Waals surface area contributed by atoms with Crippen molar-refractivity contribution < 1.29 is 178 Å². The standard InChI is InChI=1S/C10H16N2O8.C5H9NO4.4Na/c13-7(14)3-11(4-8(15)16)1-2-12(5-9(17)18)6-10(19)20;6-3(5(9)10)1-2-4(7)8;;;;/h1-6H2,(H,13,14)(H,15,16)(H,17,18)(H,19,20);3H,1-2,6H2,(H,7,8)(H,9,10);;;;/q;;4*+1/p-4. The van der Waals surface area contributed by atoms with Crippen molar-refractivity contribution in [2.75, 3.05) is 39.3 Å². The largest absolute Gasteiger partial charge is 1.00 e. The van der Waals surface area contributed by atoms with E-state index in [-0.39, 0.29) is 144 Å². The molecule has 0 aliphatic heterocycles. The molecule has 1 atom stereocenters. The normalized spacial score (nSPS) is 9.97. The average Bonchev–Trinajstić information content (AvgIpc) is 2.55. The maximum atomic E-state index is 10.4. The molecule has 0 aliphatic carbocycles. The molecule has 0 bridgehead atoms. The number of carbonyl (C=O) groups is 6. The predicted octanol–water partition coefficient (Wildman–Crippen LogP) is -20.1. The van der Waals surface area contributed by atoms with Gasteiger partial charge >= 0.3 is 130 Å². The summed E-state index contributed by atoms with van der Waals surface area (Å²) in [5.41, 5.74) is 5.00. The summed E-state index contributed by atoms with van der Waals surface area (Å²) in [4.78, 5) is 63.3. The molecule has 0 spiro atoms. The predicted molar refractivity (Wildman–Crippen MR) is 85.4 cm³/mol. The Morgan fingerprint density at radius 1 is 0.647 bits per heavy atom. The molecule has 0 saturated carbocycles. The van der Waals surface area contributed by atoms with E-state index in [4.69, 9.17) is 15.9 Å². The monoisotopic (exact) mass is 527 g/mol. The average molecular weight is 527 g/mol. The van der Waals surface area contributed by atoms with Crippen LogP contribution in [-0.2, 0) is 28.8 Å². The molecule has 0 heterocycles. The van der Waals surface area contributed by atoms with Crippen LogP contribution in [-0.4, -0.2) is 101 Å². The van der Waals surface area contributed by atoms with Gasteiger partial charge in [-0.25, -0.2) is 0 Å². The first kappa shape index (κ1) is 47.8. The van der Waals surface area contributed by atoms with Crippen LogP contribution >= 0.6 is 0 Å². The molecule has 0 aromatic rings. The molecule has 0 rings (SSSR count). The van der Waals surface area contributed by atoms with E-state index in [2.05, 4.69) is 0 Å². The van der Waals surface area contributed by atoms with Crippen LogP contribution in [0.5, 0.6) is 0 Å². The molecule has 4 N–H and O–H groups in total. The number of aliphatic carboxylic acids is 6. The molecule has 0 aromatic heterocycles. The van der Waals surface area contributed by atoms with Crippen molar-refractivity contribution >= 4 is 35.8 Å². The minimum Gasteiger partial charge on any atom is -0.549 e. The summed E-state index contributed by atoms with van der Waals surface area (Å²) >= 11 is 0. The molecule has 0 radical (unpaired) electrons. The molecule has 0 aliphatic rings. The number of nitrogens with two attached hydrogens (primary N) is 1. The van der Waals surface area contributed by atoms with Crippen molar-refractivity contribution in [1.82, 2.24) is 9.80 Å². The first-order chi connectivity index (χ1) is 13.7. The SMILES string of the molecule is NC(CCC(=O)O)C(=O)O.O=C([O-])CN(CCN(CC(=O)[O-])CC(=O)[O-])CC(=O)[O-].[Na+].[Na+].[Na+].[Na+]. The minimum atomic E-state index is -1.53. The number of nitrogens with zero attached hydrogens (tertiary/aromatic N) is 2. The zero-order valence-corrected chi connectivity index (χ0v) is 27.7. The molecule has 19 heteroatoms. The van der Waals surface area contributed by atoms with E-state index < -0.39 is 68.0 Å². The van der Waals surface area contributed by atoms with E-state index in [1.165, 1.54) is 0 Å². The van der Waals surface area contributed by atoms with Gasteiger partial charge in [0.15, 0.2) is 0 Å². The van der Waals surface area contributed by atoms with Crippen molar-refractivity contribution in [3.05, 3.63) is 0 Å². The molecule has 34 heavy (non-hydrogen) atoms. The second-order valence-electron chi connectivity index (χ2n) is 5.79. The quantitative estimate of drug-likeness (QED) is 0.167. The van der Waals surface area contributed by atoms with E-state index in [0.29, 0.717) is 0 Å². The Hall–Kier alpha value is 0.700. The smallest absolute Gasteiger partial charge is 0.549 e. The van der Waals surface area contributed by atoms with E-state index in [0.717, 1.165) is 9.80 Å². The third-order valence-electron chi connectivity index (χ3n) is 3.13. The minimum absolute atomic E-state index is 0. The number of carboxylic acids is 6. The van der Waals surface area contributed by atoms with Gasteiger partial charge < -0.3 is 55.6 Å². The Labute approximate surface area is 283 Å². The van der Waals surface area contributed by atoms with Gasteiger partial charge in [0, 0.05) is 45.7 Å². The molecule has 15 nitrogen and oxygen atoms in total. The number of carbonyl (C=O) groups excluding carboxylic acids is 4. The number of hydrogen-bond acceptors (Lipinski definition) is 13. The molecule has 172 valence electrons. The number of carboxylic acid groups (broad SMARTS) is 6. The molecule has 0 aromatic carbocycles. The van der Waals surface area contributed by atoms with Crippen LogP contribution in [0, 0.1) is 0 Å². The third-order valence-corrected chi connectivity index (χ3v) is 3.13. The second-order valence-corrected chi connectivity index (χ2v) is 5.79. The summed E-state index contributed by atoms with van der Waals surface area (Å²) in [7, 11) is 0. The van der Waals surface area contributed by atoms with Gasteiger partial charge in [-0.15, -0.1) is 0 Å². The van der Waals surface area contributed by atoms with Crippen molar-refractivity contribution in [2.24, 2.45) is 5.73 Å². The number of rotatable bonds is 15. The fourth-order valence-electron chi connectivity index (χ4n) is 1.84. The fourth-order valence-corrected chi connectivity index (χ4v) is 1.84. The molecular formula is C15H21N3Na4O12. The summed E-state index contributed by atoms with van der Waals surface area (Å²) in [5.74, 6) is -8.32. The van der Waals surface area contributed by atoms with Gasteiger partial charge in [-0.05, 0) is 6.42 Å². The van der Waals surface area contributed by atoms with Crippen LogP contribution < -0.4 is 144 Å². The zero-order valence-electron chi connectivity index (χ0n) is 19.7. The summed E-state index contributed by atoms with van der Waals surface area (Å²) < 4.78 is 0. The van der Waals surface area contributed by atoms with Gasteiger partial charge in [0.2, 0.25) is 0 Å². The summed E-state index contributed by atoms with van der Waals surface area (Å²) in [5, 5.41) is 57.9. The third kappa shape index (κ3) is 34.9. The van der Waals surface area contributed by atoms with Crippen LogP contribution in [0.15, 0.2) is 0 Å². The Morgan fingerprint density at radius 2 is 0.912 bits per heavy atom. The van der Waals surface area contributed by atoms with Crippen molar-refractivity contribution in [3.8, 4) is 0 Å². The first-order valence-corrected chi connectivity index (χ1v) is 8.18. The topological polar surface area (TPSA) is 268 Å². The maximum Gasteiger partial charge on any atom is 1.00 e. The van der Waals surface area contributed by atoms with Crippen LogP contribution in [0.1, 0.15) is 12.8 Å². The maximum absolute atomic E-state index is 10.4. The van der Waals surface area contributed by atoms with Gasteiger partial charge in [-0.2, -0.15) is 0 Å². The summed E-state index contributed by atoms with van der Waals surface area (Å²) in [6, 6.07) is -1.06. The van der Waals surface area contributed by atoms with Gasteiger partial charge in [0.05, 0.1) is 23.9 Å². The van der Waals surface area contributed by atoms with Gasteiger partial charge in [-0.3, -0.25) is 19.4 Å². The second kappa shape index (κ2) is 28.3. The summed E-state index contributed by atoms with van der Waals surface area (Å²) in [6.45, 7) is -3.25. The van der Waals surface area contributed by atoms with Crippen molar-refractivity contribution in [1.29, 1.82) is 0 Å². The zero-order chi connectivity index (χ0) is 23.9. The van der Waals surface area contributed by atoms with Crippen LogP contribution in [0.25, 0.3) is 0 Å². The van der Waals surface area contributed by atoms with E-state index in [9.17, 15) is 49.2 Å². The van der Waals surface area contributed by atoms with Gasteiger partial charge in [0.1, 0.15) is 6.04 Å². The molecule has 0 amide bonds. The Bertz CT molecular complexity index is 574. The molecular weight excluding hydrogens is 506 g/mol. The van der Waals surface area contributed by atoms with Crippen molar-refractivity contribution in [2.45, 2.75) is 18.9 Å². The Morgan fingerprint density at radius 3 is 1.09 bits per heavy atom. The van der Waals surface area contributed by atoms with E-state index >= 15 is 0 Å². The Kier molecular flexibility index (Phi) is 39.8. The first-order valence-electron chi connectivity index (χ1n) is 8.18. The van der Waals surface area contributed by atoms with Crippen LogP contribution in [0.2, 0.25) is 0 Å². The van der Waals surface area contributed by atoms with Crippen molar-refractivity contribution in [3.63, 3.8) is 0 Å². The molecule has 0 fully saturated rings. The molecule has 0 saturated heterocycles. The van der Waals surface area contributed by atoms with Crippen LogP contribution in [0.3, 0.4) is 0 Å². The summed E-state index contributed by atoms with van der Waals surface area (Å²) in [6.07, 6.45) is -0.224. The van der Waals surface area contributed by atoms with Gasteiger partial charge in [0.25, 0.3) is 0 Å². The van der Waals surface area contributed by atoms with E-state index in [1.807, 2.05) is 0 Å². The fraction of sp³-hybridized carbons (Fsp3) is 0.600. The van der Waals surface area contributed by atoms with Gasteiger partial charge in [-0.1, -0.05) is 0 Å². The van der Waals surface area contributed by atoms with Crippen LogP contribution in [0.4, 0.5) is 0 Å². The Balaban J connectivity index is -0.000000121. The molecule has 1 unspecified atom stereocenters. The number of hydrogen-bond donors (Lipinski definition) is 3.